The van der Waals surface area contributed by atoms with Crippen molar-refractivity contribution in [1.82, 2.24) is 0 Å². The monoisotopic (exact) mass is 367 g/mol. The van der Waals surface area contributed by atoms with Crippen molar-refractivity contribution in [1.29, 1.82) is 0 Å². The van der Waals surface area contributed by atoms with Crippen LogP contribution in [0, 0.1) is 0 Å². The van der Waals surface area contributed by atoms with Crippen molar-refractivity contribution in [3.63, 3.8) is 0 Å². The standard InChI is InChI=1S/C21H21NOS2/c1-4-15-7-11-18(12-8-15)22-20(23)19(25-21(22)24)13-16-5-9-17(10-6-16)14(2)3/h5-14H,4H2,1-3H3. The molecule has 3 rings (SSSR count). The summed E-state index contributed by atoms with van der Waals surface area (Å²) in [4.78, 5) is 15.1. The van der Waals surface area contributed by atoms with Crippen LogP contribution in [0.1, 0.15) is 43.4 Å². The molecule has 0 N–H and O–H groups in total. The number of rotatable bonds is 4. The van der Waals surface area contributed by atoms with Gasteiger partial charge in [-0.15, -0.1) is 0 Å². The molecule has 1 fully saturated rings. The Morgan fingerprint density at radius 2 is 1.72 bits per heavy atom. The van der Waals surface area contributed by atoms with Crippen LogP contribution < -0.4 is 4.90 Å². The van der Waals surface area contributed by atoms with Crippen molar-refractivity contribution in [3.05, 3.63) is 70.1 Å². The summed E-state index contributed by atoms with van der Waals surface area (Å²) in [5, 5.41) is 0. The van der Waals surface area contributed by atoms with Gasteiger partial charge in [0.15, 0.2) is 4.32 Å². The van der Waals surface area contributed by atoms with Crippen LogP contribution in [0.25, 0.3) is 6.08 Å². The third-order valence-corrected chi connectivity index (χ3v) is 5.60. The van der Waals surface area contributed by atoms with Gasteiger partial charge in [-0.2, -0.15) is 0 Å². The van der Waals surface area contributed by atoms with Gasteiger partial charge in [0, 0.05) is 0 Å². The van der Waals surface area contributed by atoms with E-state index in [2.05, 4.69) is 45.0 Å². The zero-order chi connectivity index (χ0) is 18.0. The summed E-state index contributed by atoms with van der Waals surface area (Å²) in [5.74, 6) is 0.450. The smallest absolute Gasteiger partial charge is 0.268 e. The first-order valence-electron chi connectivity index (χ1n) is 8.46. The molecule has 2 aromatic rings. The number of thiocarbonyl (C=S) groups is 1. The topological polar surface area (TPSA) is 20.3 Å². The predicted molar refractivity (Wildman–Crippen MR) is 112 cm³/mol. The second-order valence-corrected chi connectivity index (χ2v) is 8.03. The first-order valence-corrected chi connectivity index (χ1v) is 9.69. The molecule has 1 aliphatic heterocycles. The molecule has 0 unspecified atom stereocenters. The van der Waals surface area contributed by atoms with Crippen LogP contribution in [0.3, 0.4) is 0 Å². The van der Waals surface area contributed by atoms with Crippen LogP contribution in [-0.2, 0) is 11.2 Å². The number of anilines is 1. The van der Waals surface area contributed by atoms with E-state index in [1.165, 1.54) is 22.9 Å². The number of aryl methyl sites for hydroxylation is 1. The van der Waals surface area contributed by atoms with Crippen molar-refractivity contribution >= 4 is 46.0 Å². The number of thioether (sulfide) groups is 1. The Kier molecular flexibility index (Phi) is 5.40. The number of carbonyl (C=O) groups is 1. The van der Waals surface area contributed by atoms with Crippen molar-refractivity contribution in [2.45, 2.75) is 33.1 Å². The molecule has 1 heterocycles. The lowest BCUT2D eigenvalue weighted by atomic mass is 10.0. The highest BCUT2D eigenvalue weighted by Crippen LogP contribution is 2.36. The Hall–Kier alpha value is -1.91. The summed E-state index contributed by atoms with van der Waals surface area (Å²) in [6.45, 7) is 6.45. The maximum absolute atomic E-state index is 12.8. The van der Waals surface area contributed by atoms with Gasteiger partial charge in [0.05, 0.1) is 10.6 Å². The maximum Gasteiger partial charge on any atom is 0.270 e. The van der Waals surface area contributed by atoms with E-state index >= 15 is 0 Å². The number of carbonyl (C=O) groups excluding carboxylic acids is 1. The Bertz CT molecular complexity index is 820. The summed E-state index contributed by atoms with van der Waals surface area (Å²) in [7, 11) is 0. The number of hydrogen-bond donors (Lipinski definition) is 0. The third kappa shape index (κ3) is 3.86. The van der Waals surface area contributed by atoms with Crippen molar-refractivity contribution in [2.75, 3.05) is 4.90 Å². The molecular formula is C21H21NOS2. The normalized spacial score (nSPS) is 16.3. The second kappa shape index (κ2) is 7.54. The van der Waals surface area contributed by atoms with Gasteiger partial charge < -0.3 is 0 Å². The highest BCUT2D eigenvalue weighted by Gasteiger charge is 2.33. The number of amides is 1. The first kappa shape index (κ1) is 17.9. The Labute approximate surface area is 158 Å². The van der Waals surface area contributed by atoms with Gasteiger partial charge in [-0.3, -0.25) is 9.69 Å². The largest absolute Gasteiger partial charge is 0.270 e. The van der Waals surface area contributed by atoms with Crippen molar-refractivity contribution < 1.29 is 4.79 Å². The molecule has 1 aliphatic rings. The molecule has 0 saturated carbocycles. The summed E-state index contributed by atoms with van der Waals surface area (Å²) in [6, 6.07) is 16.3. The van der Waals surface area contributed by atoms with Gasteiger partial charge >= 0.3 is 0 Å². The van der Waals surface area contributed by atoms with Crippen LogP contribution in [0.2, 0.25) is 0 Å². The summed E-state index contributed by atoms with van der Waals surface area (Å²) in [6.07, 6.45) is 2.90. The zero-order valence-electron chi connectivity index (χ0n) is 14.7. The molecule has 1 amide bonds. The van der Waals surface area contributed by atoms with Gasteiger partial charge in [0.25, 0.3) is 5.91 Å². The predicted octanol–water partition coefficient (Wildman–Crippen LogP) is 5.78. The Morgan fingerprint density at radius 3 is 2.28 bits per heavy atom. The lowest BCUT2D eigenvalue weighted by molar-refractivity contribution is -0.113. The first-order chi connectivity index (χ1) is 12.0. The minimum atomic E-state index is -0.0489. The number of benzene rings is 2. The highest BCUT2D eigenvalue weighted by atomic mass is 32.2. The maximum atomic E-state index is 12.8. The average Bonchev–Trinajstić information content (AvgIpc) is 2.89. The van der Waals surface area contributed by atoms with Crippen LogP contribution >= 0.6 is 24.0 Å². The Morgan fingerprint density at radius 1 is 1.08 bits per heavy atom. The van der Waals surface area contributed by atoms with Crippen LogP contribution in [0.5, 0.6) is 0 Å². The van der Waals surface area contributed by atoms with E-state index in [-0.39, 0.29) is 5.91 Å². The Balaban J connectivity index is 1.84. The highest BCUT2D eigenvalue weighted by molar-refractivity contribution is 8.27. The molecule has 2 nitrogen and oxygen atoms in total. The summed E-state index contributed by atoms with van der Waals surface area (Å²) < 4.78 is 0.583. The summed E-state index contributed by atoms with van der Waals surface area (Å²) in [5.41, 5.74) is 4.39. The van der Waals surface area contributed by atoms with E-state index in [0.717, 1.165) is 17.7 Å². The fourth-order valence-electron chi connectivity index (χ4n) is 2.70. The van der Waals surface area contributed by atoms with Gasteiger partial charge in [0.2, 0.25) is 0 Å². The van der Waals surface area contributed by atoms with Gasteiger partial charge in [-0.25, -0.2) is 0 Å². The van der Waals surface area contributed by atoms with E-state index in [4.69, 9.17) is 12.2 Å². The lowest BCUT2D eigenvalue weighted by Gasteiger charge is -2.14. The van der Waals surface area contributed by atoms with Gasteiger partial charge in [-0.05, 0) is 47.2 Å². The number of nitrogens with zero attached hydrogens (tertiary/aromatic N) is 1. The molecule has 25 heavy (non-hydrogen) atoms. The molecular weight excluding hydrogens is 346 g/mol. The van der Waals surface area contributed by atoms with E-state index in [1.54, 1.807) is 4.90 Å². The van der Waals surface area contributed by atoms with Crippen molar-refractivity contribution in [2.24, 2.45) is 0 Å². The molecule has 2 aromatic carbocycles. The fourth-order valence-corrected chi connectivity index (χ4v) is 4.00. The van der Waals surface area contributed by atoms with Crippen LogP contribution in [0.4, 0.5) is 5.69 Å². The SMILES string of the molecule is CCc1ccc(N2C(=O)C(=Cc3ccc(C(C)C)cc3)SC2=S)cc1. The minimum Gasteiger partial charge on any atom is -0.268 e. The van der Waals surface area contributed by atoms with E-state index in [9.17, 15) is 4.79 Å². The number of hydrogen-bond acceptors (Lipinski definition) is 3. The second-order valence-electron chi connectivity index (χ2n) is 6.36. The van der Waals surface area contributed by atoms with Gasteiger partial charge in [0.1, 0.15) is 0 Å². The van der Waals surface area contributed by atoms with Crippen molar-refractivity contribution in [3.8, 4) is 0 Å². The zero-order valence-corrected chi connectivity index (χ0v) is 16.3. The molecule has 1 saturated heterocycles. The molecule has 0 aromatic heterocycles. The molecule has 0 spiro atoms. The van der Waals surface area contributed by atoms with E-state index in [0.29, 0.717) is 15.1 Å². The molecule has 0 aliphatic carbocycles. The van der Waals surface area contributed by atoms with Crippen LogP contribution in [-0.4, -0.2) is 10.2 Å². The van der Waals surface area contributed by atoms with Crippen LogP contribution in [0.15, 0.2) is 53.4 Å². The molecule has 0 bridgehead atoms. The quantitative estimate of drug-likeness (QED) is 0.505. The third-order valence-electron chi connectivity index (χ3n) is 4.30. The summed E-state index contributed by atoms with van der Waals surface area (Å²) >= 11 is 6.80. The molecule has 0 radical (unpaired) electrons. The van der Waals surface area contributed by atoms with E-state index < -0.39 is 0 Å². The molecule has 0 atom stereocenters. The average molecular weight is 368 g/mol. The van der Waals surface area contributed by atoms with E-state index in [1.807, 2.05) is 30.3 Å². The minimum absolute atomic E-state index is 0.0489. The van der Waals surface area contributed by atoms with Gasteiger partial charge in [-0.1, -0.05) is 81.1 Å². The molecule has 4 heteroatoms. The molecule has 128 valence electrons. The fraction of sp³-hybridized carbons (Fsp3) is 0.238. The lowest BCUT2D eigenvalue weighted by Crippen LogP contribution is -2.27.